The van der Waals surface area contributed by atoms with Crippen molar-refractivity contribution >= 4 is 11.7 Å². The number of amides is 1. The van der Waals surface area contributed by atoms with Crippen LogP contribution in [-0.4, -0.2) is 77.4 Å². The van der Waals surface area contributed by atoms with Crippen LogP contribution >= 0.6 is 0 Å². The molecule has 0 aromatic carbocycles. The van der Waals surface area contributed by atoms with Gasteiger partial charge in [-0.15, -0.1) is 6.58 Å². The van der Waals surface area contributed by atoms with E-state index in [0.29, 0.717) is 5.82 Å². The molecule has 8 heteroatoms. The topological polar surface area (TPSA) is 52.6 Å². The summed E-state index contributed by atoms with van der Waals surface area (Å²) in [6, 6.07) is 0. The van der Waals surface area contributed by atoms with Crippen LogP contribution in [0.25, 0.3) is 0 Å². The molecule has 0 N–H and O–H groups in total. The van der Waals surface area contributed by atoms with Gasteiger partial charge >= 0.3 is 0 Å². The number of carbonyl (C=O) groups is 1. The van der Waals surface area contributed by atoms with Crippen molar-refractivity contribution in [1.29, 1.82) is 0 Å². The number of anilines is 1. The highest BCUT2D eigenvalue weighted by atomic mass is 19.3. The van der Waals surface area contributed by atoms with Crippen LogP contribution in [0.2, 0.25) is 0 Å². The average Bonchev–Trinajstić information content (AvgIpc) is 2.62. The van der Waals surface area contributed by atoms with Crippen LogP contribution in [-0.2, 0) is 0 Å². The fourth-order valence-corrected chi connectivity index (χ4v) is 3.22. The zero-order chi connectivity index (χ0) is 17.9. The molecule has 0 bridgehead atoms. The Balaban J connectivity index is 1.71. The van der Waals surface area contributed by atoms with E-state index in [4.69, 9.17) is 0 Å². The summed E-state index contributed by atoms with van der Waals surface area (Å²) in [6.45, 7) is 7.88. The predicted octanol–water partition coefficient (Wildman–Crippen LogP) is 1.66. The maximum Gasteiger partial charge on any atom is 0.276 e. The molecule has 6 nitrogen and oxygen atoms in total. The number of carbonyl (C=O) groups excluding carboxylic acids is 1. The van der Waals surface area contributed by atoms with Gasteiger partial charge in [0.1, 0.15) is 0 Å². The maximum atomic E-state index is 13.3. The first-order valence-electron chi connectivity index (χ1n) is 8.56. The number of rotatable bonds is 4. The molecule has 1 aromatic heterocycles. The fraction of sp³-hybridized carbons (Fsp3) is 0.588. The van der Waals surface area contributed by atoms with Crippen molar-refractivity contribution in [1.82, 2.24) is 19.8 Å². The van der Waals surface area contributed by atoms with Crippen LogP contribution in [0.1, 0.15) is 23.3 Å². The van der Waals surface area contributed by atoms with E-state index < -0.39 is 5.92 Å². The number of alkyl halides is 2. The summed E-state index contributed by atoms with van der Waals surface area (Å²) in [5.41, 5.74) is 0.255. The largest absolute Gasteiger partial charge is 0.352 e. The van der Waals surface area contributed by atoms with Crippen LogP contribution < -0.4 is 4.90 Å². The van der Waals surface area contributed by atoms with Gasteiger partial charge in [-0.3, -0.25) is 9.69 Å². The van der Waals surface area contributed by atoms with Crippen molar-refractivity contribution in [3.05, 3.63) is 30.7 Å². The Morgan fingerprint density at radius 3 is 2.40 bits per heavy atom. The minimum absolute atomic E-state index is 0.0506. The van der Waals surface area contributed by atoms with E-state index in [9.17, 15) is 13.6 Å². The Kier molecular flexibility index (Phi) is 5.27. The molecule has 1 aromatic rings. The van der Waals surface area contributed by atoms with Gasteiger partial charge in [0.05, 0.1) is 0 Å². The van der Waals surface area contributed by atoms with E-state index in [-0.39, 0.29) is 37.5 Å². The van der Waals surface area contributed by atoms with Crippen LogP contribution in [0.5, 0.6) is 0 Å². The number of halogens is 2. The number of piperazine rings is 1. The smallest absolute Gasteiger partial charge is 0.276 e. The van der Waals surface area contributed by atoms with Crippen molar-refractivity contribution < 1.29 is 13.6 Å². The molecule has 0 atom stereocenters. The minimum Gasteiger partial charge on any atom is -0.352 e. The number of piperidine rings is 1. The zero-order valence-electron chi connectivity index (χ0n) is 14.2. The van der Waals surface area contributed by atoms with Gasteiger partial charge in [0.15, 0.2) is 11.5 Å². The molecule has 0 spiro atoms. The molecule has 1 amide bonds. The molecule has 0 unspecified atom stereocenters. The van der Waals surface area contributed by atoms with Gasteiger partial charge < -0.3 is 9.80 Å². The van der Waals surface area contributed by atoms with E-state index in [1.54, 1.807) is 6.20 Å². The highest BCUT2D eigenvalue weighted by molar-refractivity contribution is 5.97. The third-order valence-corrected chi connectivity index (χ3v) is 4.72. The molecule has 0 saturated carbocycles. The number of likely N-dealkylation sites (tertiary alicyclic amines) is 1. The van der Waals surface area contributed by atoms with Gasteiger partial charge in [-0.25, -0.2) is 18.7 Å². The molecule has 0 radical (unpaired) electrons. The number of hydrogen-bond donors (Lipinski definition) is 0. The Labute approximate surface area is 146 Å². The molecule has 2 aliphatic rings. The molecule has 136 valence electrons. The fourth-order valence-electron chi connectivity index (χ4n) is 3.22. The average molecular weight is 351 g/mol. The third-order valence-electron chi connectivity index (χ3n) is 4.72. The van der Waals surface area contributed by atoms with E-state index in [1.165, 1.54) is 11.1 Å². The first-order chi connectivity index (χ1) is 12.0. The van der Waals surface area contributed by atoms with Gasteiger partial charge in [0.25, 0.3) is 11.8 Å². The first-order valence-corrected chi connectivity index (χ1v) is 8.56. The van der Waals surface area contributed by atoms with Gasteiger partial charge in [0, 0.05) is 71.0 Å². The molecule has 3 rings (SSSR count). The van der Waals surface area contributed by atoms with Gasteiger partial charge in [-0.1, -0.05) is 6.08 Å². The summed E-state index contributed by atoms with van der Waals surface area (Å²) < 4.78 is 26.7. The Morgan fingerprint density at radius 1 is 1.12 bits per heavy atom. The quantitative estimate of drug-likeness (QED) is 0.772. The standard InChI is InChI=1S/C17H23F2N5O/c1-2-7-22-10-12-23(13-11-22)15-14(20-5-6-21-15)16(25)24-8-3-17(18,19)4-9-24/h2,5-6H,1,3-4,7-13H2. The number of aromatic nitrogens is 2. The molecular formula is C17H23F2N5O. The van der Waals surface area contributed by atoms with Gasteiger partial charge in [-0.05, 0) is 0 Å². The van der Waals surface area contributed by atoms with E-state index >= 15 is 0 Å². The van der Waals surface area contributed by atoms with Crippen molar-refractivity contribution in [2.45, 2.75) is 18.8 Å². The van der Waals surface area contributed by atoms with Gasteiger partial charge in [-0.2, -0.15) is 0 Å². The highest BCUT2D eigenvalue weighted by Crippen LogP contribution is 2.29. The van der Waals surface area contributed by atoms with Crippen LogP contribution in [0.15, 0.2) is 25.0 Å². The summed E-state index contributed by atoms with van der Waals surface area (Å²) in [6.07, 6.45) is 4.32. The second-order valence-corrected chi connectivity index (χ2v) is 6.45. The second kappa shape index (κ2) is 7.43. The molecule has 2 saturated heterocycles. The van der Waals surface area contributed by atoms with E-state index in [2.05, 4.69) is 21.4 Å². The third kappa shape index (κ3) is 4.12. The zero-order valence-corrected chi connectivity index (χ0v) is 14.2. The Hall–Kier alpha value is -2.09. The predicted molar refractivity (Wildman–Crippen MR) is 91.0 cm³/mol. The molecule has 2 aliphatic heterocycles. The van der Waals surface area contributed by atoms with E-state index in [0.717, 1.165) is 32.7 Å². The lowest BCUT2D eigenvalue weighted by molar-refractivity contribution is -0.0495. The number of nitrogens with zero attached hydrogens (tertiary/aromatic N) is 5. The monoisotopic (exact) mass is 351 g/mol. The van der Waals surface area contributed by atoms with Gasteiger partial charge in [0.2, 0.25) is 0 Å². The molecule has 3 heterocycles. The summed E-state index contributed by atoms with van der Waals surface area (Å²) >= 11 is 0. The van der Waals surface area contributed by atoms with Crippen molar-refractivity contribution in [3.63, 3.8) is 0 Å². The Bertz CT molecular complexity index is 621. The molecule has 2 fully saturated rings. The van der Waals surface area contributed by atoms with Crippen LogP contribution in [0.4, 0.5) is 14.6 Å². The SMILES string of the molecule is C=CCN1CCN(c2nccnc2C(=O)N2CCC(F)(F)CC2)CC1. The molecular weight excluding hydrogens is 328 g/mol. The summed E-state index contributed by atoms with van der Waals surface area (Å²) in [5.74, 6) is -2.45. The summed E-state index contributed by atoms with van der Waals surface area (Å²) in [4.78, 5) is 27.1. The van der Waals surface area contributed by atoms with Crippen LogP contribution in [0, 0.1) is 0 Å². The van der Waals surface area contributed by atoms with Crippen molar-refractivity contribution in [3.8, 4) is 0 Å². The summed E-state index contributed by atoms with van der Waals surface area (Å²) in [5, 5.41) is 0. The lowest BCUT2D eigenvalue weighted by Gasteiger charge is -2.36. The highest BCUT2D eigenvalue weighted by Gasteiger charge is 2.37. The number of hydrogen-bond acceptors (Lipinski definition) is 5. The maximum absolute atomic E-state index is 13.3. The minimum atomic E-state index is -2.68. The van der Waals surface area contributed by atoms with Crippen molar-refractivity contribution in [2.24, 2.45) is 0 Å². The second-order valence-electron chi connectivity index (χ2n) is 6.45. The lowest BCUT2D eigenvalue weighted by atomic mass is 10.1. The van der Waals surface area contributed by atoms with E-state index in [1.807, 2.05) is 11.0 Å². The first kappa shape index (κ1) is 17.7. The lowest BCUT2D eigenvalue weighted by Crippen LogP contribution is -2.48. The molecule has 25 heavy (non-hydrogen) atoms. The van der Waals surface area contributed by atoms with Crippen LogP contribution in [0.3, 0.4) is 0 Å². The normalized spacial score (nSPS) is 21.2. The van der Waals surface area contributed by atoms with Crippen molar-refractivity contribution in [2.75, 3.05) is 50.7 Å². The summed E-state index contributed by atoms with van der Waals surface area (Å²) in [7, 11) is 0. The Morgan fingerprint density at radius 2 is 1.76 bits per heavy atom. The molecule has 0 aliphatic carbocycles.